The Kier molecular flexibility index (Phi) is 6.16. The Bertz CT molecular complexity index is 518. The smallest absolute Gasteiger partial charge is 0.318 e. The van der Waals surface area contributed by atoms with Crippen molar-refractivity contribution in [2.75, 3.05) is 0 Å². The van der Waals surface area contributed by atoms with Gasteiger partial charge in [-0.3, -0.25) is 4.11 Å². The Morgan fingerprint density at radius 2 is 1.04 bits per heavy atom. The molecule has 138 valence electrons. The quantitative estimate of drug-likeness (QED) is 0.552. The van der Waals surface area contributed by atoms with E-state index < -0.39 is 25.2 Å². The lowest BCUT2D eigenvalue weighted by atomic mass is 10.2. The van der Waals surface area contributed by atoms with Gasteiger partial charge < -0.3 is 9.30 Å². The van der Waals surface area contributed by atoms with Crippen LogP contribution in [0.15, 0.2) is 30.3 Å². The number of hydrogen-bond donors (Lipinski definition) is 2. The van der Waals surface area contributed by atoms with Crippen molar-refractivity contribution in [2.24, 2.45) is 0 Å². The fourth-order valence-electron chi connectivity index (χ4n) is 2.08. The lowest BCUT2D eigenvalue weighted by Gasteiger charge is -2.47. The van der Waals surface area contributed by atoms with Crippen molar-refractivity contribution in [2.45, 2.75) is 77.8 Å². The minimum atomic E-state index is -3.49. The van der Waals surface area contributed by atoms with Gasteiger partial charge in [0.2, 0.25) is 0 Å². The molecule has 0 aliphatic heterocycles. The van der Waals surface area contributed by atoms with Gasteiger partial charge in [0.15, 0.2) is 0 Å². The first kappa shape index (κ1) is 21.8. The van der Waals surface area contributed by atoms with Gasteiger partial charge in [0.05, 0.1) is 0 Å². The summed E-state index contributed by atoms with van der Waals surface area (Å²) in [6, 6.07) is 9.71. The Morgan fingerprint density at radius 1 is 0.708 bits per heavy atom. The van der Waals surface area contributed by atoms with Gasteiger partial charge in [-0.15, -0.1) is 0 Å². The predicted octanol–water partition coefficient (Wildman–Crippen LogP) is 4.99. The van der Waals surface area contributed by atoms with Crippen LogP contribution < -0.4 is 14.5 Å². The fraction of sp³-hybridized carbons (Fsp3) is 0.667. The summed E-state index contributed by atoms with van der Waals surface area (Å²) in [4.78, 5) is 0. The van der Waals surface area contributed by atoms with Crippen LogP contribution in [0.4, 0.5) is 4.11 Å². The summed E-state index contributed by atoms with van der Waals surface area (Å²) in [5.74, 6) is 0. The fourth-order valence-corrected chi connectivity index (χ4v) is 14.6. The topological polar surface area (TPSA) is 24.1 Å². The molecule has 0 aliphatic carbocycles. The van der Waals surface area contributed by atoms with Crippen LogP contribution in [0.25, 0.3) is 0 Å². The maximum Gasteiger partial charge on any atom is 0.416 e. The third-order valence-corrected chi connectivity index (χ3v) is 22.3. The molecule has 24 heavy (non-hydrogen) atoms. The average Bonchev–Trinajstić information content (AvgIpc) is 2.35. The second-order valence-corrected chi connectivity index (χ2v) is 23.4. The van der Waals surface area contributed by atoms with Crippen molar-refractivity contribution in [3.05, 3.63) is 30.3 Å². The van der Waals surface area contributed by atoms with Crippen LogP contribution >= 0.6 is 0 Å². The van der Waals surface area contributed by atoms with Crippen molar-refractivity contribution in [3.63, 3.8) is 0 Å². The molecule has 2 N–H and O–H groups in total. The molecule has 0 unspecified atom stereocenters. The predicted molar refractivity (Wildman–Crippen MR) is 114 cm³/mol. The van der Waals surface area contributed by atoms with Gasteiger partial charge in [0.25, 0.3) is 0 Å². The Hall–Kier alpha value is -0.279. The molecule has 0 spiro atoms. The molecule has 0 aromatic heterocycles. The van der Waals surface area contributed by atoms with Crippen molar-refractivity contribution in [3.8, 4) is 0 Å². The van der Waals surface area contributed by atoms with Crippen molar-refractivity contribution in [1.82, 2.24) is 9.30 Å². The normalized spacial score (nSPS) is 14.8. The molecule has 0 fully saturated rings. The summed E-state index contributed by atoms with van der Waals surface area (Å²) in [6.45, 7) is 22.3. The van der Waals surface area contributed by atoms with Crippen LogP contribution in [-0.4, -0.2) is 25.2 Å². The van der Waals surface area contributed by atoms with Crippen LogP contribution in [0.3, 0.4) is 0 Å². The molecule has 1 rings (SSSR count). The lowest BCUT2D eigenvalue weighted by Crippen LogP contribution is -2.80. The zero-order valence-corrected chi connectivity index (χ0v) is 20.3. The summed E-state index contributed by atoms with van der Waals surface area (Å²) >= 11 is 0. The first-order valence-corrected chi connectivity index (χ1v) is 16.7. The first-order valence-electron chi connectivity index (χ1n) is 8.85. The minimum absolute atomic E-state index is 0.0846. The molecule has 0 radical (unpaired) electrons. The Morgan fingerprint density at radius 3 is 1.33 bits per heavy atom. The first-order chi connectivity index (χ1) is 10.5. The van der Waals surface area contributed by atoms with Gasteiger partial charge in [0.1, 0.15) is 16.5 Å². The Labute approximate surface area is 152 Å². The van der Waals surface area contributed by atoms with E-state index in [9.17, 15) is 0 Å². The zero-order valence-electron chi connectivity index (χ0n) is 17.3. The van der Waals surface area contributed by atoms with E-state index in [1.165, 1.54) is 0 Å². The lowest BCUT2D eigenvalue weighted by molar-refractivity contribution is 0.673. The van der Waals surface area contributed by atoms with Gasteiger partial charge in [0, 0.05) is 5.19 Å². The molecule has 2 nitrogen and oxygen atoms in total. The summed E-state index contributed by atoms with van der Waals surface area (Å²) in [6.07, 6.45) is 0. The molecule has 6 heteroatoms. The van der Waals surface area contributed by atoms with E-state index in [4.69, 9.17) is 0 Å². The highest BCUT2D eigenvalue weighted by molar-refractivity contribution is 7.01. The molecule has 0 saturated heterocycles. The monoisotopic (exact) mass is 384 g/mol. The number of benzene rings is 1. The van der Waals surface area contributed by atoms with Crippen molar-refractivity contribution in [1.29, 1.82) is 0 Å². The molecule has 0 atom stereocenters. The molecule has 0 aliphatic rings. The molecule has 0 saturated carbocycles. The van der Waals surface area contributed by atoms with E-state index in [2.05, 4.69) is 77.0 Å². The minimum Gasteiger partial charge on any atom is -0.318 e. The van der Waals surface area contributed by atoms with E-state index in [1.807, 2.05) is 30.3 Å². The second-order valence-electron chi connectivity index (χ2n) is 10.0. The van der Waals surface area contributed by atoms with Crippen LogP contribution in [-0.2, 0) is 0 Å². The Balaban J connectivity index is 3.34. The highest BCUT2D eigenvalue weighted by Crippen LogP contribution is 2.37. The average molecular weight is 385 g/mol. The molecule has 0 amide bonds. The molecule has 0 bridgehead atoms. The zero-order chi connectivity index (χ0) is 19.0. The number of rotatable bonds is 5. The van der Waals surface area contributed by atoms with Crippen molar-refractivity contribution < 1.29 is 4.11 Å². The number of halogens is 1. The number of hydrogen-bond acceptors (Lipinski definition) is 2. The van der Waals surface area contributed by atoms with Gasteiger partial charge in [-0.25, -0.2) is 0 Å². The standard InChI is InChI=1S/C18H37FN2Si3/c1-17(2,3)22(7,8)20-24(19,16-14-12-11-13-15-16)21-23(9,10)18(4,5)6/h11-15,20-21H,1-10H3. The van der Waals surface area contributed by atoms with E-state index >= 15 is 4.11 Å². The maximum atomic E-state index is 16.6. The molecular formula is C18H37FN2Si3. The summed E-state index contributed by atoms with van der Waals surface area (Å²) in [5.41, 5.74) is 0. The van der Waals surface area contributed by atoms with Crippen LogP contribution in [0, 0.1) is 0 Å². The summed E-state index contributed by atoms with van der Waals surface area (Å²) in [7, 11) is -7.46. The van der Waals surface area contributed by atoms with Crippen molar-refractivity contribution >= 4 is 30.4 Å². The van der Waals surface area contributed by atoms with E-state index in [0.29, 0.717) is 0 Å². The SMILES string of the molecule is CC(C)(C)[Si](C)(C)N[Si](F)(N[Si](C)(C)C(C)(C)C)c1ccccc1. The largest absolute Gasteiger partial charge is 0.416 e. The highest BCUT2D eigenvalue weighted by atomic mass is 28.5. The van der Waals surface area contributed by atoms with Crippen LogP contribution in [0.5, 0.6) is 0 Å². The van der Waals surface area contributed by atoms with E-state index in [-0.39, 0.29) is 10.1 Å². The van der Waals surface area contributed by atoms with Gasteiger partial charge in [-0.1, -0.05) is 98.1 Å². The third-order valence-electron chi connectivity index (χ3n) is 5.89. The van der Waals surface area contributed by atoms with E-state index in [0.717, 1.165) is 5.19 Å². The number of nitrogens with one attached hydrogen (secondary N) is 2. The van der Waals surface area contributed by atoms with Crippen LogP contribution in [0.2, 0.25) is 36.3 Å². The molecule has 1 aromatic rings. The second kappa shape index (κ2) is 6.79. The van der Waals surface area contributed by atoms with Gasteiger partial charge >= 0.3 is 8.73 Å². The highest BCUT2D eigenvalue weighted by Gasteiger charge is 2.52. The maximum absolute atomic E-state index is 16.6. The molecular weight excluding hydrogens is 347 g/mol. The third kappa shape index (κ3) is 4.88. The van der Waals surface area contributed by atoms with Crippen LogP contribution in [0.1, 0.15) is 41.5 Å². The van der Waals surface area contributed by atoms with Gasteiger partial charge in [-0.05, 0) is 10.1 Å². The molecule has 0 heterocycles. The molecule has 1 aromatic carbocycles. The van der Waals surface area contributed by atoms with Gasteiger partial charge in [-0.2, -0.15) is 0 Å². The summed E-state index contributed by atoms with van der Waals surface area (Å²) < 4.78 is 23.7. The summed E-state index contributed by atoms with van der Waals surface area (Å²) in [5, 5.41) is 0.974. The van der Waals surface area contributed by atoms with E-state index in [1.54, 1.807) is 0 Å².